The minimum atomic E-state index is -0.254. The Morgan fingerprint density at radius 2 is 0.658 bits per heavy atom. The highest BCUT2D eigenvalue weighted by Crippen LogP contribution is 2.55. The number of rotatable bonds is 2. The van der Waals surface area contributed by atoms with E-state index in [4.69, 9.17) is 0 Å². The van der Waals surface area contributed by atoms with Crippen molar-refractivity contribution in [2.75, 3.05) is 0 Å². The molecule has 0 unspecified atom stereocenters. The van der Waals surface area contributed by atoms with E-state index in [1.807, 2.05) is 0 Å². The highest BCUT2D eigenvalue weighted by Gasteiger charge is 2.45. The van der Waals surface area contributed by atoms with E-state index >= 15 is 0 Å². The summed E-state index contributed by atoms with van der Waals surface area (Å²) in [6.45, 7) is 0. The maximum atomic E-state index is 2.29. The summed E-state index contributed by atoms with van der Waals surface area (Å²) in [4.78, 5) is 0. The maximum Gasteiger partial charge on any atom is 0.0713 e. The van der Waals surface area contributed by atoms with E-state index in [1.165, 1.54) is 55.6 Å². The highest BCUT2D eigenvalue weighted by atomic mass is 14.5. The lowest BCUT2D eigenvalue weighted by Gasteiger charge is -2.33. The predicted octanol–water partition coefficient (Wildman–Crippen LogP) is 9.31. The second-order valence-corrected chi connectivity index (χ2v) is 10.1. The standard InChI is InChI=1S/C25H18.C13H10/c1-3-11-19(12-4-1)25(20-13-5-2-6-14-20)23-17-9-7-15-21(23)22-16-8-10-18-24(22)25;1-3-7-12-10(5-1)9-11-6-2-4-8-13(11)12/h1-18H;1-8H,9H2. The van der Waals surface area contributed by atoms with E-state index < -0.39 is 0 Å². The fraction of sp³-hybridized carbons (Fsp3) is 0.0526. The van der Waals surface area contributed by atoms with E-state index in [0.717, 1.165) is 6.42 Å². The summed E-state index contributed by atoms with van der Waals surface area (Å²) in [5.74, 6) is 0. The zero-order valence-electron chi connectivity index (χ0n) is 21.2. The monoisotopic (exact) mass is 484 g/mol. The van der Waals surface area contributed by atoms with Crippen LogP contribution in [-0.2, 0) is 11.8 Å². The van der Waals surface area contributed by atoms with Crippen LogP contribution in [0.4, 0.5) is 0 Å². The van der Waals surface area contributed by atoms with Gasteiger partial charge in [0.05, 0.1) is 5.41 Å². The molecule has 0 heterocycles. The zero-order valence-corrected chi connectivity index (χ0v) is 21.2. The van der Waals surface area contributed by atoms with Gasteiger partial charge in [-0.2, -0.15) is 0 Å². The van der Waals surface area contributed by atoms with Crippen molar-refractivity contribution >= 4 is 0 Å². The summed E-state index contributed by atoms with van der Waals surface area (Å²) in [5.41, 5.74) is 13.6. The summed E-state index contributed by atoms with van der Waals surface area (Å²) >= 11 is 0. The lowest BCUT2D eigenvalue weighted by molar-refractivity contribution is 0.768. The van der Waals surface area contributed by atoms with Gasteiger partial charge in [0.2, 0.25) is 0 Å². The van der Waals surface area contributed by atoms with E-state index in [0.29, 0.717) is 0 Å². The van der Waals surface area contributed by atoms with Gasteiger partial charge in [-0.15, -0.1) is 0 Å². The third-order valence-corrected chi connectivity index (χ3v) is 8.07. The molecule has 2 aliphatic rings. The van der Waals surface area contributed by atoms with Crippen LogP contribution in [-0.4, -0.2) is 0 Å². The number of hydrogen-bond acceptors (Lipinski definition) is 0. The molecule has 38 heavy (non-hydrogen) atoms. The van der Waals surface area contributed by atoms with Crippen LogP contribution in [0.2, 0.25) is 0 Å². The van der Waals surface area contributed by atoms with Crippen LogP contribution in [0, 0.1) is 0 Å². The molecule has 0 amide bonds. The Hall–Kier alpha value is -4.68. The van der Waals surface area contributed by atoms with Gasteiger partial charge in [-0.1, -0.05) is 158 Å². The first kappa shape index (κ1) is 22.5. The Morgan fingerprint density at radius 3 is 1.11 bits per heavy atom. The topological polar surface area (TPSA) is 0 Å². The molecule has 6 aromatic rings. The molecule has 0 fully saturated rings. The largest absolute Gasteiger partial charge is 0.0713 e. The summed E-state index contributed by atoms with van der Waals surface area (Å²) in [6.07, 6.45) is 1.10. The Bertz CT molecular complexity index is 1600. The number of benzene rings is 6. The van der Waals surface area contributed by atoms with Gasteiger partial charge in [-0.05, 0) is 62.1 Å². The fourth-order valence-corrected chi connectivity index (χ4v) is 6.48. The summed E-state index contributed by atoms with van der Waals surface area (Å²) in [6, 6.07) is 56.8. The van der Waals surface area contributed by atoms with Crippen molar-refractivity contribution in [1.29, 1.82) is 0 Å². The van der Waals surface area contributed by atoms with Crippen LogP contribution in [0.25, 0.3) is 22.3 Å². The van der Waals surface area contributed by atoms with Crippen molar-refractivity contribution in [3.63, 3.8) is 0 Å². The first-order valence-corrected chi connectivity index (χ1v) is 13.3. The van der Waals surface area contributed by atoms with Gasteiger partial charge in [-0.25, -0.2) is 0 Å². The zero-order chi connectivity index (χ0) is 25.4. The first-order valence-electron chi connectivity index (χ1n) is 13.3. The molecule has 0 heteroatoms. The van der Waals surface area contributed by atoms with Crippen molar-refractivity contribution in [2.24, 2.45) is 0 Å². The second-order valence-electron chi connectivity index (χ2n) is 10.1. The lowest BCUT2D eigenvalue weighted by Crippen LogP contribution is -2.28. The van der Waals surface area contributed by atoms with E-state index in [9.17, 15) is 0 Å². The molecule has 0 aromatic heterocycles. The molecular formula is C38H28. The molecule has 8 rings (SSSR count). The third kappa shape index (κ3) is 3.45. The summed E-state index contributed by atoms with van der Waals surface area (Å²) in [7, 11) is 0. The van der Waals surface area contributed by atoms with Crippen LogP contribution >= 0.6 is 0 Å². The predicted molar refractivity (Wildman–Crippen MR) is 158 cm³/mol. The Morgan fingerprint density at radius 1 is 0.316 bits per heavy atom. The smallest absolute Gasteiger partial charge is 0.0622 e. The minimum absolute atomic E-state index is 0.254. The van der Waals surface area contributed by atoms with Crippen LogP contribution in [0.15, 0.2) is 158 Å². The average Bonchev–Trinajstić information content (AvgIpc) is 3.53. The van der Waals surface area contributed by atoms with Crippen LogP contribution in [0.3, 0.4) is 0 Å². The second kappa shape index (κ2) is 9.32. The summed E-state index contributed by atoms with van der Waals surface area (Å²) < 4.78 is 0. The Labute approximate surface area is 224 Å². The van der Waals surface area contributed by atoms with Crippen molar-refractivity contribution in [2.45, 2.75) is 11.8 Å². The molecule has 6 aromatic carbocycles. The van der Waals surface area contributed by atoms with Gasteiger partial charge in [0.15, 0.2) is 0 Å². The Balaban J connectivity index is 0.000000156. The van der Waals surface area contributed by atoms with Gasteiger partial charge >= 0.3 is 0 Å². The molecule has 180 valence electrons. The molecule has 0 aliphatic heterocycles. The molecule has 0 bridgehead atoms. The average molecular weight is 485 g/mol. The van der Waals surface area contributed by atoms with Crippen molar-refractivity contribution in [1.82, 2.24) is 0 Å². The Kier molecular flexibility index (Phi) is 5.52. The minimum Gasteiger partial charge on any atom is -0.0622 e. The van der Waals surface area contributed by atoms with Gasteiger partial charge < -0.3 is 0 Å². The molecule has 2 aliphatic carbocycles. The quantitative estimate of drug-likeness (QED) is 0.229. The molecule has 0 atom stereocenters. The van der Waals surface area contributed by atoms with Gasteiger partial charge in [0.25, 0.3) is 0 Å². The van der Waals surface area contributed by atoms with Crippen molar-refractivity contribution in [3.05, 3.63) is 191 Å². The first-order chi connectivity index (χ1) is 18.9. The van der Waals surface area contributed by atoms with E-state index in [2.05, 4.69) is 158 Å². The molecule has 0 saturated heterocycles. The molecule has 0 saturated carbocycles. The van der Waals surface area contributed by atoms with Crippen molar-refractivity contribution in [3.8, 4) is 22.3 Å². The SMILES string of the molecule is c1ccc(C2(c3ccccc3)c3ccccc3-c3ccccc32)cc1.c1ccc2c(c1)Cc1ccccc1-2. The number of fused-ring (bicyclic) bond motifs is 6. The number of hydrogen-bond donors (Lipinski definition) is 0. The lowest BCUT2D eigenvalue weighted by atomic mass is 9.68. The third-order valence-electron chi connectivity index (χ3n) is 8.07. The molecule has 0 spiro atoms. The molecular weight excluding hydrogens is 456 g/mol. The normalized spacial score (nSPS) is 13.4. The van der Waals surface area contributed by atoms with Crippen LogP contribution < -0.4 is 0 Å². The van der Waals surface area contributed by atoms with Gasteiger partial charge in [0.1, 0.15) is 0 Å². The molecule has 0 N–H and O–H groups in total. The van der Waals surface area contributed by atoms with E-state index in [-0.39, 0.29) is 5.41 Å². The van der Waals surface area contributed by atoms with Crippen molar-refractivity contribution < 1.29 is 0 Å². The maximum absolute atomic E-state index is 2.29. The van der Waals surface area contributed by atoms with Crippen LogP contribution in [0.5, 0.6) is 0 Å². The van der Waals surface area contributed by atoms with Gasteiger partial charge in [0, 0.05) is 0 Å². The van der Waals surface area contributed by atoms with Crippen LogP contribution in [0.1, 0.15) is 33.4 Å². The fourth-order valence-electron chi connectivity index (χ4n) is 6.48. The van der Waals surface area contributed by atoms with E-state index in [1.54, 1.807) is 0 Å². The highest BCUT2D eigenvalue weighted by molar-refractivity contribution is 5.86. The van der Waals surface area contributed by atoms with Gasteiger partial charge in [-0.3, -0.25) is 0 Å². The molecule has 0 nitrogen and oxygen atoms in total. The molecule has 0 radical (unpaired) electrons. The summed E-state index contributed by atoms with van der Waals surface area (Å²) in [5, 5.41) is 0.